The molecule has 9 nitrogen and oxygen atoms in total. The SMILES string of the molecule is CC/C=C\C/C=C\C/C=C\C/C=C\C/C=C\CCCCCCCCCCCC(=O)OC(COC(=O)CCCCCCCCCCCC)COP(=O)([O-])OCC[N+](C)(C)C. The molecule has 0 heterocycles. The minimum atomic E-state index is -4.63. The molecule has 0 aliphatic heterocycles. The number of rotatable bonds is 42. The molecule has 0 aromatic heterocycles. The topological polar surface area (TPSA) is 111 Å². The van der Waals surface area contributed by atoms with Gasteiger partial charge in [-0.1, -0.05) is 177 Å². The molecule has 0 aromatic rings. The molecule has 0 radical (unpaired) electrons. The summed E-state index contributed by atoms with van der Waals surface area (Å²) in [6.45, 7) is 4.09. The van der Waals surface area contributed by atoms with Crippen LogP contribution in [-0.2, 0) is 32.7 Å². The van der Waals surface area contributed by atoms with Crippen molar-refractivity contribution in [3.8, 4) is 0 Å². The second-order valence-electron chi connectivity index (χ2n) is 16.7. The van der Waals surface area contributed by atoms with E-state index in [1.165, 1.54) is 77.0 Å². The summed E-state index contributed by atoms with van der Waals surface area (Å²) in [6, 6.07) is 0. The zero-order valence-electron chi connectivity index (χ0n) is 38.4. The fraction of sp³-hybridized carbons (Fsp3) is 0.755. The average molecular weight is 850 g/mol. The number of esters is 2. The molecule has 2 atom stereocenters. The number of allylic oxidation sites excluding steroid dienone is 10. The molecule has 0 bridgehead atoms. The number of unbranched alkanes of at least 4 members (excludes halogenated alkanes) is 18. The Balaban J connectivity index is 4.23. The molecular weight excluding hydrogens is 762 g/mol. The number of carbonyl (C=O) groups excluding carboxylic acids is 2. The molecule has 59 heavy (non-hydrogen) atoms. The largest absolute Gasteiger partial charge is 0.756 e. The number of ether oxygens (including phenoxy) is 2. The van der Waals surface area contributed by atoms with Gasteiger partial charge in [-0.2, -0.15) is 0 Å². The summed E-state index contributed by atoms with van der Waals surface area (Å²) in [7, 11) is 1.16. The molecule has 0 saturated heterocycles. The van der Waals surface area contributed by atoms with Crippen molar-refractivity contribution in [2.24, 2.45) is 0 Å². The minimum Gasteiger partial charge on any atom is -0.756 e. The fourth-order valence-electron chi connectivity index (χ4n) is 6.15. The Morgan fingerprint density at radius 1 is 0.542 bits per heavy atom. The first-order chi connectivity index (χ1) is 28.5. The summed E-state index contributed by atoms with van der Waals surface area (Å²) in [6.07, 6.45) is 49.7. The first-order valence-corrected chi connectivity index (χ1v) is 25.0. The van der Waals surface area contributed by atoms with Gasteiger partial charge in [-0.05, 0) is 57.8 Å². The van der Waals surface area contributed by atoms with E-state index in [4.69, 9.17) is 18.5 Å². The van der Waals surface area contributed by atoms with Crippen LogP contribution in [0.5, 0.6) is 0 Å². The number of likely N-dealkylation sites (N-methyl/N-ethyl adjacent to an activating group) is 1. The highest BCUT2D eigenvalue weighted by Crippen LogP contribution is 2.38. The number of carbonyl (C=O) groups is 2. The number of quaternary nitrogens is 1. The Hall–Kier alpha value is -2.29. The van der Waals surface area contributed by atoms with Crippen molar-refractivity contribution < 1.29 is 42.1 Å². The van der Waals surface area contributed by atoms with Gasteiger partial charge in [-0.15, -0.1) is 0 Å². The molecule has 0 aliphatic carbocycles. The summed E-state index contributed by atoms with van der Waals surface area (Å²) in [5, 5.41) is 0. The average Bonchev–Trinajstić information content (AvgIpc) is 3.19. The zero-order chi connectivity index (χ0) is 43.6. The molecule has 0 spiro atoms. The molecule has 0 amide bonds. The van der Waals surface area contributed by atoms with Crippen LogP contribution in [0.2, 0.25) is 0 Å². The fourth-order valence-corrected chi connectivity index (χ4v) is 6.88. The lowest BCUT2D eigenvalue weighted by Crippen LogP contribution is -2.37. The van der Waals surface area contributed by atoms with Gasteiger partial charge in [-0.3, -0.25) is 14.2 Å². The van der Waals surface area contributed by atoms with Crippen LogP contribution in [0.4, 0.5) is 0 Å². The van der Waals surface area contributed by atoms with Gasteiger partial charge in [0, 0.05) is 12.8 Å². The third-order valence-electron chi connectivity index (χ3n) is 9.80. The van der Waals surface area contributed by atoms with E-state index in [-0.39, 0.29) is 32.0 Å². The summed E-state index contributed by atoms with van der Waals surface area (Å²) in [5.41, 5.74) is 0. The van der Waals surface area contributed by atoms with E-state index in [0.29, 0.717) is 17.4 Å². The van der Waals surface area contributed by atoms with Crippen molar-refractivity contribution >= 4 is 19.8 Å². The van der Waals surface area contributed by atoms with Crippen LogP contribution in [0.3, 0.4) is 0 Å². The van der Waals surface area contributed by atoms with Crippen molar-refractivity contribution in [2.45, 2.75) is 193 Å². The van der Waals surface area contributed by atoms with E-state index >= 15 is 0 Å². The van der Waals surface area contributed by atoms with Gasteiger partial charge < -0.3 is 27.9 Å². The van der Waals surface area contributed by atoms with Gasteiger partial charge in [0.25, 0.3) is 7.82 Å². The monoisotopic (exact) mass is 850 g/mol. The lowest BCUT2D eigenvalue weighted by Gasteiger charge is -2.28. The van der Waals surface area contributed by atoms with Crippen molar-refractivity contribution in [3.63, 3.8) is 0 Å². The maximum absolute atomic E-state index is 12.7. The van der Waals surface area contributed by atoms with Gasteiger partial charge in [0.15, 0.2) is 6.10 Å². The molecule has 342 valence electrons. The second-order valence-corrected chi connectivity index (χ2v) is 18.2. The summed E-state index contributed by atoms with van der Waals surface area (Å²) in [4.78, 5) is 37.5. The van der Waals surface area contributed by atoms with Gasteiger partial charge >= 0.3 is 11.9 Å². The van der Waals surface area contributed by atoms with Gasteiger partial charge in [-0.25, -0.2) is 0 Å². The molecule has 2 unspecified atom stereocenters. The number of hydrogen-bond donors (Lipinski definition) is 0. The first-order valence-electron chi connectivity index (χ1n) is 23.5. The van der Waals surface area contributed by atoms with E-state index in [1.807, 2.05) is 21.1 Å². The van der Waals surface area contributed by atoms with Crippen LogP contribution in [0.25, 0.3) is 0 Å². The van der Waals surface area contributed by atoms with E-state index in [9.17, 15) is 19.0 Å². The van der Waals surface area contributed by atoms with Gasteiger partial charge in [0.2, 0.25) is 0 Å². The van der Waals surface area contributed by atoms with E-state index in [0.717, 1.165) is 77.0 Å². The Morgan fingerprint density at radius 2 is 0.966 bits per heavy atom. The third kappa shape index (κ3) is 45.1. The predicted molar refractivity (Wildman–Crippen MR) is 245 cm³/mol. The van der Waals surface area contributed by atoms with E-state index in [2.05, 4.69) is 74.6 Å². The number of nitrogens with zero attached hydrogens (tertiary/aromatic N) is 1. The predicted octanol–water partition coefficient (Wildman–Crippen LogP) is 13.0. The molecule has 0 rings (SSSR count). The molecule has 0 fully saturated rings. The minimum absolute atomic E-state index is 0.0334. The smallest absolute Gasteiger partial charge is 0.306 e. The lowest BCUT2D eigenvalue weighted by atomic mass is 10.1. The Kier molecular flexibility index (Phi) is 39.5. The number of phosphoric acid groups is 1. The molecule has 0 aliphatic rings. The highest BCUT2D eigenvalue weighted by molar-refractivity contribution is 7.45. The third-order valence-corrected chi connectivity index (χ3v) is 10.8. The second kappa shape index (κ2) is 41.1. The molecule has 0 N–H and O–H groups in total. The quantitative estimate of drug-likeness (QED) is 0.0196. The maximum Gasteiger partial charge on any atom is 0.306 e. The summed E-state index contributed by atoms with van der Waals surface area (Å²) < 4.78 is 33.9. The number of phosphoric ester groups is 1. The van der Waals surface area contributed by atoms with Crippen LogP contribution < -0.4 is 4.89 Å². The summed E-state index contributed by atoms with van der Waals surface area (Å²) in [5.74, 6) is -0.844. The normalized spacial score (nSPS) is 14.1. The Bertz CT molecular complexity index is 1190. The van der Waals surface area contributed by atoms with E-state index in [1.54, 1.807) is 0 Å². The van der Waals surface area contributed by atoms with Crippen molar-refractivity contribution in [2.75, 3.05) is 47.5 Å². The number of hydrogen-bond acceptors (Lipinski definition) is 8. The lowest BCUT2D eigenvalue weighted by molar-refractivity contribution is -0.870. The Morgan fingerprint density at radius 3 is 1.44 bits per heavy atom. The van der Waals surface area contributed by atoms with E-state index < -0.39 is 26.5 Å². The van der Waals surface area contributed by atoms with Crippen LogP contribution in [0.1, 0.15) is 187 Å². The van der Waals surface area contributed by atoms with Crippen LogP contribution in [0, 0.1) is 0 Å². The molecule has 0 aromatic carbocycles. The van der Waals surface area contributed by atoms with Crippen molar-refractivity contribution in [1.82, 2.24) is 0 Å². The highest BCUT2D eigenvalue weighted by atomic mass is 31.2. The Labute approximate surface area is 362 Å². The zero-order valence-corrected chi connectivity index (χ0v) is 39.3. The van der Waals surface area contributed by atoms with Crippen molar-refractivity contribution in [1.29, 1.82) is 0 Å². The van der Waals surface area contributed by atoms with Crippen LogP contribution >= 0.6 is 7.82 Å². The highest BCUT2D eigenvalue weighted by Gasteiger charge is 2.21. The molecular formula is C49H88NO8P. The molecule has 0 saturated carbocycles. The maximum atomic E-state index is 12.7. The van der Waals surface area contributed by atoms with Crippen molar-refractivity contribution in [3.05, 3.63) is 60.8 Å². The summed E-state index contributed by atoms with van der Waals surface area (Å²) >= 11 is 0. The first kappa shape index (κ1) is 56.7. The standard InChI is InChI=1S/C49H88NO8P/c1-6-8-10-12-14-16-18-19-20-21-22-23-24-25-26-27-28-29-30-31-32-34-36-38-40-42-49(52)58-47(46-57-59(53,54)56-44-43-50(3,4)5)45-55-48(51)41-39-37-35-33-17-15-13-11-9-7-2/h8,10,14,16,19-20,22-23,25-26,47H,6-7,9,11-13,15,17-18,21,24,27-46H2,1-5H3/b10-8-,16-14-,20-19-,23-22-,26-25-. The van der Waals surface area contributed by atoms with Gasteiger partial charge in [0.1, 0.15) is 19.8 Å². The van der Waals surface area contributed by atoms with Crippen LogP contribution in [-0.4, -0.2) is 70.0 Å². The van der Waals surface area contributed by atoms with Crippen LogP contribution in [0.15, 0.2) is 60.8 Å². The van der Waals surface area contributed by atoms with Gasteiger partial charge in [0.05, 0.1) is 27.7 Å². The molecule has 10 heteroatoms.